The number of rotatable bonds is 5. The van der Waals surface area contributed by atoms with Gasteiger partial charge in [0.25, 0.3) is 0 Å². The van der Waals surface area contributed by atoms with Crippen LogP contribution in [0.1, 0.15) is 31.4 Å². The number of hydrogen-bond acceptors (Lipinski definition) is 8. The lowest BCUT2D eigenvalue weighted by Crippen LogP contribution is -2.43. The van der Waals surface area contributed by atoms with E-state index in [9.17, 15) is 9.50 Å². The summed E-state index contributed by atoms with van der Waals surface area (Å²) in [5.74, 6) is -0.359. The van der Waals surface area contributed by atoms with Crippen molar-refractivity contribution in [2.45, 2.75) is 44.0 Å². The molecule has 5 rings (SSSR count). The molecule has 3 fully saturated rings. The fourth-order valence-corrected chi connectivity index (χ4v) is 5.38. The van der Waals surface area contributed by atoms with E-state index in [2.05, 4.69) is 19.9 Å². The second-order valence-corrected chi connectivity index (χ2v) is 9.05. The van der Waals surface area contributed by atoms with E-state index in [4.69, 9.17) is 21.1 Å². The molecule has 0 amide bonds. The maximum Gasteiger partial charge on any atom is 0.319 e. The summed E-state index contributed by atoms with van der Waals surface area (Å²) in [6, 6.07) is 0.00579. The highest BCUT2D eigenvalue weighted by Crippen LogP contribution is 2.40. The molecule has 1 N–H and O–H groups in total. The number of halogens is 3. The van der Waals surface area contributed by atoms with Crippen LogP contribution in [-0.2, 0) is 11.3 Å². The summed E-state index contributed by atoms with van der Waals surface area (Å²) in [6.07, 6.45) is 2.14. The molecule has 0 bridgehead atoms. The average molecular weight is 470 g/mol. The quantitative estimate of drug-likeness (QED) is 0.669. The van der Waals surface area contributed by atoms with Gasteiger partial charge in [0.05, 0.1) is 29.8 Å². The Labute approximate surface area is 189 Å². The van der Waals surface area contributed by atoms with Crippen molar-refractivity contribution in [3.63, 3.8) is 0 Å². The summed E-state index contributed by atoms with van der Waals surface area (Å²) in [6.45, 7) is 3.35. The Hall–Kier alpha value is -1.88. The van der Waals surface area contributed by atoms with Crippen molar-refractivity contribution in [2.24, 2.45) is 0 Å². The van der Waals surface area contributed by atoms with Crippen LogP contribution in [0, 0.1) is 5.82 Å². The van der Waals surface area contributed by atoms with Crippen LogP contribution in [-0.4, -0.2) is 82.7 Å². The molecule has 5 heterocycles. The second kappa shape index (κ2) is 8.81. The minimum absolute atomic E-state index is 0.00579. The van der Waals surface area contributed by atoms with Crippen molar-refractivity contribution in [1.82, 2.24) is 19.9 Å². The molecule has 0 aromatic carbocycles. The van der Waals surface area contributed by atoms with Crippen LogP contribution in [0.4, 0.5) is 14.6 Å². The van der Waals surface area contributed by atoms with Gasteiger partial charge in [-0.15, -0.1) is 0 Å². The van der Waals surface area contributed by atoms with Crippen LogP contribution < -0.4 is 9.64 Å². The third-order valence-electron chi connectivity index (χ3n) is 6.68. The molecule has 0 radical (unpaired) electrons. The number of pyridine rings is 1. The van der Waals surface area contributed by atoms with Gasteiger partial charge < -0.3 is 19.5 Å². The number of alkyl halides is 1. The Bertz CT molecular complexity index is 1010. The van der Waals surface area contributed by atoms with Crippen LogP contribution in [0.2, 0.25) is 5.15 Å². The van der Waals surface area contributed by atoms with Crippen LogP contribution in [0.3, 0.4) is 0 Å². The summed E-state index contributed by atoms with van der Waals surface area (Å²) in [4.78, 5) is 17.0. The summed E-state index contributed by atoms with van der Waals surface area (Å²) in [7, 11) is 0. The lowest BCUT2D eigenvalue weighted by Gasteiger charge is -2.31. The van der Waals surface area contributed by atoms with Crippen molar-refractivity contribution in [3.05, 3.63) is 16.7 Å². The first-order chi connectivity index (χ1) is 15.5. The highest BCUT2D eigenvalue weighted by Gasteiger charge is 2.49. The van der Waals surface area contributed by atoms with Crippen molar-refractivity contribution in [1.29, 1.82) is 0 Å². The lowest BCUT2D eigenvalue weighted by atomic mass is 9.95. The van der Waals surface area contributed by atoms with E-state index in [0.717, 1.165) is 25.8 Å². The molecule has 3 saturated heterocycles. The molecule has 11 heteroatoms. The number of ether oxygens (including phenoxy) is 2. The minimum atomic E-state index is -0.876. The van der Waals surface area contributed by atoms with Gasteiger partial charge in [-0.25, -0.2) is 13.8 Å². The second-order valence-electron chi connectivity index (χ2n) is 8.69. The Morgan fingerprint density at radius 3 is 2.91 bits per heavy atom. The lowest BCUT2D eigenvalue weighted by molar-refractivity contribution is 0.107. The van der Waals surface area contributed by atoms with Gasteiger partial charge in [0, 0.05) is 32.7 Å². The first-order valence-corrected chi connectivity index (χ1v) is 11.4. The maximum atomic E-state index is 15.0. The van der Waals surface area contributed by atoms with Crippen molar-refractivity contribution >= 4 is 28.3 Å². The van der Waals surface area contributed by atoms with Gasteiger partial charge in [-0.1, -0.05) is 11.6 Å². The number of nitrogens with zero attached hydrogens (tertiary/aromatic N) is 5. The smallest absolute Gasteiger partial charge is 0.319 e. The Balaban J connectivity index is 1.55. The van der Waals surface area contributed by atoms with Gasteiger partial charge in [-0.3, -0.25) is 4.90 Å². The Kier molecular flexibility index (Phi) is 6.04. The zero-order chi connectivity index (χ0) is 22.3. The predicted molar refractivity (Wildman–Crippen MR) is 114 cm³/mol. The van der Waals surface area contributed by atoms with Crippen molar-refractivity contribution < 1.29 is 23.4 Å². The standard InChI is InChI=1S/C21H26ClF2N5O3/c22-18-16(24)17-15(14(11-30)25-18)19(28-4-2-7-31-8-6-28)27-20(26-17)32-12-21-3-1-5-29(21)10-13(23)9-21/h13,30H,1-12H2/t13-,21+/m1/s1. The highest BCUT2D eigenvalue weighted by atomic mass is 35.5. The largest absolute Gasteiger partial charge is 0.461 e. The van der Waals surface area contributed by atoms with Crippen LogP contribution in [0.15, 0.2) is 0 Å². The van der Waals surface area contributed by atoms with E-state index < -0.39 is 18.6 Å². The maximum absolute atomic E-state index is 15.0. The van der Waals surface area contributed by atoms with Crippen LogP contribution >= 0.6 is 11.6 Å². The molecule has 2 aromatic rings. The van der Waals surface area contributed by atoms with Gasteiger partial charge in [-0.05, 0) is 25.8 Å². The number of hydrogen-bond donors (Lipinski definition) is 1. The van der Waals surface area contributed by atoms with E-state index in [1.807, 2.05) is 4.90 Å². The van der Waals surface area contributed by atoms with E-state index in [1.54, 1.807) is 0 Å². The van der Waals surface area contributed by atoms with E-state index in [1.165, 1.54) is 0 Å². The Morgan fingerprint density at radius 2 is 2.06 bits per heavy atom. The number of aliphatic hydroxyl groups excluding tert-OH is 1. The van der Waals surface area contributed by atoms with Crippen LogP contribution in [0.5, 0.6) is 6.01 Å². The monoisotopic (exact) mass is 469 g/mol. The van der Waals surface area contributed by atoms with Crippen LogP contribution in [0.25, 0.3) is 10.9 Å². The highest BCUT2D eigenvalue weighted by molar-refractivity contribution is 6.30. The molecule has 2 aromatic heterocycles. The van der Waals surface area contributed by atoms with Crippen molar-refractivity contribution in [2.75, 3.05) is 50.9 Å². The topological polar surface area (TPSA) is 83.8 Å². The van der Waals surface area contributed by atoms with Crippen molar-refractivity contribution in [3.8, 4) is 6.01 Å². The molecule has 0 spiro atoms. The fraction of sp³-hybridized carbons (Fsp3) is 0.667. The number of fused-ring (bicyclic) bond motifs is 2. The zero-order valence-electron chi connectivity index (χ0n) is 17.7. The molecule has 3 aliphatic rings. The summed E-state index contributed by atoms with van der Waals surface area (Å²) < 4.78 is 40.7. The van der Waals surface area contributed by atoms with Gasteiger partial charge >= 0.3 is 6.01 Å². The van der Waals surface area contributed by atoms with Gasteiger partial charge in [0.2, 0.25) is 0 Å². The number of aromatic nitrogens is 3. The molecular weight excluding hydrogens is 444 g/mol. The SMILES string of the molecule is OCc1nc(Cl)c(F)c2nc(OC[C@@]34CCCN3C[C@H](F)C4)nc(N3CCCOCC3)c12. The Morgan fingerprint density at radius 1 is 1.19 bits per heavy atom. The van der Waals surface area contributed by atoms with E-state index in [0.29, 0.717) is 50.5 Å². The molecular formula is C21H26ClF2N5O3. The zero-order valence-corrected chi connectivity index (χ0v) is 18.5. The van der Waals surface area contributed by atoms with E-state index in [-0.39, 0.29) is 34.5 Å². The molecule has 0 unspecified atom stereocenters. The number of anilines is 1. The molecule has 0 saturated carbocycles. The molecule has 32 heavy (non-hydrogen) atoms. The van der Waals surface area contributed by atoms with E-state index >= 15 is 4.39 Å². The molecule has 2 atom stereocenters. The molecule has 0 aliphatic carbocycles. The molecule has 8 nitrogen and oxygen atoms in total. The predicted octanol–water partition coefficient (Wildman–Crippen LogP) is 2.49. The minimum Gasteiger partial charge on any atom is -0.461 e. The normalized spacial score (nSPS) is 26.5. The first kappa shape index (κ1) is 21.9. The number of aliphatic hydroxyl groups is 1. The summed E-state index contributed by atoms with van der Waals surface area (Å²) in [5, 5.41) is 9.80. The third kappa shape index (κ3) is 3.87. The van der Waals surface area contributed by atoms with Gasteiger partial charge in [-0.2, -0.15) is 9.97 Å². The summed E-state index contributed by atoms with van der Waals surface area (Å²) in [5.41, 5.74) is -0.219. The first-order valence-electron chi connectivity index (χ1n) is 11.0. The van der Waals surface area contributed by atoms with Gasteiger partial charge in [0.1, 0.15) is 24.1 Å². The summed E-state index contributed by atoms with van der Waals surface area (Å²) >= 11 is 5.98. The third-order valence-corrected chi connectivity index (χ3v) is 6.93. The molecule has 174 valence electrons. The molecule has 3 aliphatic heterocycles. The fourth-order valence-electron chi connectivity index (χ4n) is 5.19. The average Bonchev–Trinajstić information content (AvgIpc) is 3.16. The van der Waals surface area contributed by atoms with Gasteiger partial charge in [0.15, 0.2) is 11.0 Å².